The summed E-state index contributed by atoms with van der Waals surface area (Å²) in [7, 11) is 1.76. The van der Waals surface area contributed by atoms with Crippen LogP contribution in [0, 0.1) is 20.8 Å². The first kappa shape index (κ1) is 17.5. The SMILES string of the molecule is Cc1ccc(C)c(-c2cn3c(C(=O)N(C)Cc4cc(C)no4)csc3n2)c1. The molecular weight excluding hydrogens is 360 g/mol. The van der Waals surface area contributed by atoms with Gasteiger partial charge >= 0.3 is 0 Å². The standard InChI is InChI=1S/C20H20N4O2S/c1-12-5-6-13(2)16(7-12)17-10-24-18(11-27-20(24)21-17)19(25)23(4)9-15-8-14(3)22-26-15/h5-8,10-11H,9H2,1-4H3. The van der Waals surface area contributed by atoms with Crippen molar-refractivity contribution in [2.45, 2.75) is 27.3 Å². The van der Waals surface area contributed by atoms with Crippen molar-refractivity contribution in [2.24, 2.45) is 0 Å². The van der Waals surface area contributed by atoms with Crippen LogP contribution in [0.2, 0.25) is 0 Å². The zero-order valence-electron chi connectivity index (χ0n) is 15.7. The Morgan fingerprint density at radius 2 is 2.07 bits per heavy atom. The summed E-state index contributed by atoms with van der Waals surface area (Å²) in [6.45, 7) is 6.37. The van der Waals surface area contributed by atoms with Crippen LogP contribution in [0.5, 0.6) is 0 Å². The van der Waals surface area contributed by atoms with Gasteiger partial charge in [0.15, 0.2) is 10.7 Å². The quantitative estimate of drug-likeness (QED) is 0.531. The molecule has 0 aliphatic heterocycles. The van der Waals surface area contributed by atoms with Gasteiger partial charge in [-0.05, 0) is 32.4 Å². The maximum atomic E-state index is 12.9. The number of aromatic nitrogens is 3. The molecule has 0 aliphatic rings. The molecule has 3 heterocycles. The molecule has 7 heteroatoms. The number of amides is 1. The Morgan fingerprint density at radius 1 is 1.26 bits per heavy atom. The molecule has 27 heavy (non-hydrogen) atoms. The molecule has 1 aromatic carbocycles. The number of aryl methyl sites for hydroxylation is 3. The van der Waals surface area contributed by atoms with Gasteiger partial charge in [-0.2, -0.15) is 0 Å². The van der Waals surface area contributed by atoms with Gasteiger partial charge in [0.2, 0.25) is 0 Å². The van der Waals surface area contributed by atoms with E-state index in [0.717, 1.165) is 27.5 Å². The first-order chi connectivity index (χ1) is 12.9. The fourth-order valence-corrected chi connectivity index (χ4v) is 3.92. The average molecular weight is 380 g/mol. The summed E-state index contributed by atoms with van der Waals surface area (Å²) in [5.41, 5.74) is 5.72. The van der Waals surface area contributed by atoms with Crippen LogP contribution in [0.4, 0.5) is 0 Å². The van der Waals surface area contributed by atoms with Gasteiger partial charge in [0, 0.05) is 30.3 Å². The second-order valence-corrected chi connectivity index (χ2v) is 7.65. The molecule has 0 atom stereocenters. The molecule has 1 amide bonds. The highest BCUT2D eigenvalue weighted by Crippen LogP contribution is 2.27. The van der Waals surface area contributed by atoms with Gasteiger partial charge < -0.3 is 9.42 Å². The van der Waals surface area contributed by atoms with E-state index in [1.54, 1.807) is 11.9 Å². The van der Waals surface area contributed by atoms with Crippen molar-refractivity contribution in [3.05, 3.63) is 64.1 Å². The Balaban J connectivity index is 1.65. The third-order valence-corrected chi connectivity index (χ3v) is 5.35. The van der Waals surface area contributed by atoms with Gasteiger partial charge in [0.05, 0.1) is 17.9 Å². The minimum Gasteiger partial charge on any atom is -0.359 e. The fraction of sp³-hybridized carbons (Fsp3) is 0.250. The van der Waals surface area contributed by atoms with E-state index in [-0.39, 0.29) is 5.91 Å². The number of fused-ring (bicyclic) bond motifs is 1. The molecule has 0 spiro atoms. The minimum absolute atomic E-state index is 0.0831. The van der Waals surface area contributed by atoms with Crippen LogP contribution in [0.15, 0.2) is 40.4 Å². The summed E-state index contributed by atoms with van der Waals surface area (Å²) in [4.78, 5) is 20.1. The summed E-state index contributed by atoms with van der Waals surface area (Å²) < 4.78 is 7.08. The van der Waals surface area contributed by atoms with Crippen LogP contribution < -0.4 is 0 Å². The molecule has 4 rings (SSSR count). The largest absolute Gasteiger partial charge is 0.359 e. The molecule has 0 N–H and O–H groups in total. The first-order valence-corrected chi connectivity index (χ1v) is 9.52. The summed E-state index contributed by atoms with van der Waals surface area (Å²) in [6, 6.07) is 8.15. The molecule has 0 saturated heterocycles. The monoisotopic (exact) mass is 380 g/mol. The van der Waals surface area contributed by atoms with E-state index in [1.807, 2.05) is 29.0 Å². The molecule has 0 unspecified atom stereocenters. The molecule has 0 radical (unpaired) electrons. The van der Waals surface area contributed by atoms with Gasteiger partial charge in [0.1, 0.15) is 5.69 Å². The number of rotatable bonds is 4. The van der Waals surface area contributed by atoms with Crippen LogP contribution in [-0.4, -0.2) is 32.4 Å². The zero-order chi connectivity index (χ0) is 19.1. The second kappa shape index (κ2) is 6.66. The van der Waals surface area contributed by atoms with Gasteiger partial charge in [-0.25, -0.2) is 4.98 Å². The number of hydrogen-bond donors (Lipinski definition) is 0. The lowest BCUT2D eigenvalue weighted by Gasteiger charge is -2.14. The van der Waals surface area contributed by atoms with Crippen LogP contribution in [0.3, 0.4) is 0 Å². The summed E-state index contributed by atoms with van der Waals surface area (Å²) >= 11 is 1.46. The zero-order valence-corrected chi connectivity index (χ0v) is 16.5. The first-order valence-electron chi connectivity index (χ1n) is 8.64. The summed E-state index contributed by atoms with van der Waals surface area (Å²) in [5.74, 6) is 0.580. The average Bonchev–Trinajstić information content (AvgIpc) is 3.32. The smallest absolute Gasteiger partial charge is 0.271 e. The highest BCUT2D eigenvalue weighted by molar-refractivity contribution is 7.15. The van der Waals surface area contributed by atoms with E-state index in [1.165, 1.54) is 16.9 Å². The highest BCUT2D eigenvalue weighted by atomic mass is 32.1. The number of hydrogen-bond acceptors (Lipinski definition) is 5. The van der Waals surface area contributed by atoms with E-state index in [0.29, 0.717) is 18.0 Å². The molecule has 138 valence electrons. The van der Waals surface area contributed by atoms with Gasteiger partial charge in [-0.15, -0.1) is 11.3 Å². The number of carbonyl (C=O) groups excluding carboxylic acids is 1. The van der Waals surface area contributed by atoms with E-state index in [4.69, 9.17) is 9.51 Å². The van der Waals surface area contributed by atoms with Crippen LogP contribution in [0.1, 0.15) is 33.1 Å². The lowest BCUT2D eigenvalue weighted by atomic mass is 10.0. The Kier molecular flexibility index (Phi) is 4.31. The van der Waals surface area contributed by atoms with Gasteiger partial charge in [-0.3, -0.25) is 9.20 Å². The summed E-state index contributed by atoms with van der Waals surface area (Å²) in [5, 5.41) is 5.71. The minimum atomic E-state index is -0.0831. The van der Waals surface area contributed by atoms with Crippen molar-refractivity contribution in [2.75, 3.05) is 7.05 Å². The van der Waals surface area contributed by atoms with Crippen molar-refractivity contribution in [1.29, 1.82) is 0 Å². The van der Waals surface area contributed by atoms with Gasteiger partial charge in [-0.1, -0.05) is 22.9 Å². The molecule has 0 bridgehead atoms. The maximum Gasteiger partial charge on any atom is 0.271 e. The summed E-state index contributed by atoms with van der Waals surface area (Å²) in [6.07, 6.45) is 1.94. The van der Waals surface area contributed by atoms with E-state index < -0.39 is 0 Å². The highest BCUT2D eigenvalue weighted by Gasteiger charge is 2.20. The fourth-order valence-electron chi connectivity index (χ4n) is 3.07. The molecule has 0 fully saturated rings. The van der Waals surface area contributed by atoms with Crippen molar-refractivity contribution in [3.8, 4) is 11.3 Å². The molecule has 6 nitrogen and oxygen atoms in total. The van der Waals surface area contributed by atoms with Crippen LogP contribution in [0.25, 0.3) is 16.2 Å². The molecule has 0 saturated carbocycles. The maximum absolute atomic E-state index is 12.9. The molecule has 0 aliphatic carbocycles. The van der Waals surface area contributed by atoms with E-state index in [9.17, 15) is 4.79 Å². The lowest BCUT2D eigenvalue weighted by Crippen LogP contribution is -2.27. The van der Waals surface area contributed by atoms with E-state index >= 15 is 0 Å². The van der Waals surface area contributed by atoms with Crippen molar-refractivity contribution < 1.29 is 9.32 Å². The normalized spacial score (nSPS) is 11.3. The third kappa shape index (κ3) is 3.26. The predicted octanol–water partition coefficient (Wildman–Crippen LogP) is 4.25. The number of imidazole rings is 1. The van der Waals surface area contributed by atoms with Gasteiger partial charge in [0.25, 0.3) is 5.91 Å². The van der Waals surface area contributed by atoms with Crippen molar-refractivity contribution in [1.82, 2.24) is 19.4 Å². The van der Waals surface area contributed by atoms with Crippen LogP contribution >= 0.6 is 11.3 Å². The number of benzene rings is 1. The predicted molar refractivity (Wildman–Crippen MR) is 105 cm³/mol. The second-order valence-electron chi connectivity index (χ2n) is 6.81. The number of nitrogens with zero attached hydrogens (tertiary/aromatic N) is 4. The van der Waals surface area contributed by atoms with Crippen molar-refractivity contribution in [3.63, 3.8) is 0 Å². The topological polar surface area (TPSA) is 63.6 Å². The van der Waals surface area contributed by atoms with Crippen LogP contribution in [-0.2, 0) is 6.54 Å². The third-order valence-electron chi connectivity index (χ3n) is 4.51. The Hall–Kier alpha value is -2.93. The lowest BCUT2D eigenvalue weighted by molar-refractivity contribution is 0.0765. The molecular formula is C20H20N4O2S. The Labute approximate surface area is 161 Å². The number of thiazole rings is 1. The van der Waals surface area contributed by atoms with Crippen molar-refractivity contribution >= 4 is 22.2 Å². The number of carbonyl (C=O) groups is 1. The Bertz CT molecular complexity index is 1140. The molecule has 3 aromatic heterocycles. The molecule has 4 aromatic rings. The Morgan fingerprint density at radius 3 is 2.81 bits per heavy atom. The van der Waals surface area contributed by atoms with E-state index in [2.05, 4.69) is 37.2 Å².